The number of nitrogens with zero attached hydrogens (tertiary/aromatic N) is 2. The number of aromatic nitrogens is 1. The molecule has 0 bridgehead atoms. The monoisotopic (exact) mass is 339 g/mol. The third-order valence-corrected chi connectivity index (χ3v) is 6.29. The van der Waals surface area contributed by atoms with Crippen LogP contribution >= 0.6 is 11.3 Å². The fraction of sp³-hybridized carbons (Fsp3) is 0.286. The van der Waals surface area contributed by atoms with Crippen LogP contribution in [-0.2, 0) is 14.8 Å². The Bertz CT molecular complexity index is 715. The van der Waals surface area contributed by atoms with Crippen LogP contribution in [0.4, 0.5) is 0 Å². The molecule has 0 saturated heterocycles. The number of hydrogen-bond donors (Lipinski definition) is 1. The summed E-state index contributed by atoms with van der Waals surface area (Å²) >= 11 is 1.13. The molecule has 2 aromatic heterocycles. The van der Waals surface area contributed by atoms with Gasteiger partial charge in [0.15, 0.2) is 0 Å². The predicted octanol–water partition coefficient (Wildman–Crippen LogP) is 1.64. The number of carbonyl (C=O) groups excluding carboxylic acids is 1. The van der Waals surface area contributed by atoms with Crippen LogP contribution in [0.5, 0.6) is 0 Å². The minimum absolute atomic E-state index is 0.214. The second kappa shape index (κ2) is 6.99. The molecule has 8 heteroatoms. The van der Waals surface area contributed by atoms with Crippen molar-refractivity contribution in [1.82, 2.24) is 14.6 Å². The van der Waals surface area contributed by atoms with Crippen LogP contribution in [0.1, 0.15) is 18.5 Å². The van der Waals surface area contributed by atoms with Crippen LogP contribution in [0.15, 0.2) is 46.2 Å². The Labute approximate surface area is 133 Å². The van der Waals surface area contributed by atoms with Gasteiger partial charge in [-0.2, -0.15) is 4.31 Å². The second-order valence-electron chi connectivity index (χ2n) is 4.76. The Kier molecular flexibility index (Phi) is 5.28. The highest BCUT2D eigenvalue weighted by Gasteiger charge is 2.24. The maximum atomic E-state index is 12.2. The Hall–Kier alpha value is -1.77. The largest absolute Gasteiger partial charge is 0.348 e. The molecule has 2 rings (SSSR count). The van der Waals surface area contributed by atoms with Crippen LogP contribution in [0.25, 0.3) is 0 Å². The molecule has 0 saturated carbocycles. The molecule has 0 aromatic carbocycles. The molecule has 22 heavy (non-hydrogen) atoms. The molecule has 6 nitrogen and oxygen atoms in total. The number of thiophene rings is 1. The van der Waals surface area contributed by atoms with E-state index in [1.807, 2.05) is 6.92 Å². The third-order valence-electron chi connectivity index (χ3n) is 3.11. The van der Waals surface area contributed by atoms with Crippen LogP contribution in [0.2, 0.25) is 0 Å². The quantitative estimate of drug-likeness (QED) is 0.868. The van der Waals surface area contributed by atoms with Gasteiger partial charge in [0.25, 0.3) is 10.0 Å². The number of carbonyl (C=O) groups is 1. The van der Waals surface area contributed by atoms with Crippen molar-refractivity contribution in [3.8, 4) is 0 Å². The summed E-state index contributed by atoms with van der Waals surface area (Å²) in [5.41, 5.74) is 0.909. The molecule has 0 radical (unpaired) electrons. The first kappa shape index (κ1) is 16.6. The lowest BCUT2D eigenvalue weighted by Crippen LogP contribution is -2.39. The number of likely N-dealkylation sites (N-methyl/N-ethyl adjacent to an activating group) is 1. The normalized spacial score (nSPS) is 13.0. The lowest BCUT2D eigenvalue weighted by molar-refractivity contribution is -0.121. The van der Waals surface area contributed by atoms with Gasteiger partial charge >= 0.3 is 0 Å². The highest BCUT2D eigenvalue weighted by Crippen LogP contribution is 2.19. The molecule has 118 valence electrons. The van der Waals surface area contributed by atoms with Gasteiger partial charge in [-0.05, 0) is 36.1 Å². The fourth-order valence-corrected chi connectivity index (χ4v) is 4.20. The van der Waals surface area contributed by atoms with Gasteiger partial charge in [-0.1, -0.05) is 6.07 Å². The third kappa shape index (κ3) is 3.90. The van der Waals surface area contributed by atoms with E-state index in [2.05, 4.69) is 10.3 Å². The maximum absolute atomic E-state index is 12.2. The van der Waals surface area contributed by atoms with E-state index in [4.69, 9.17) is 0 Å². The minimum Gasteiger partial charge on any atom is -0.348 e. The second-order valence-corrected chi connectivity index (χ2v) is 7.98. The van der Waals surface area contributed by atoms with Crippen molar-refractivity contribution in [2.45, 2.75) is 17.2 Å². The van der Waals surface area contributed by atoms with Crippen molar-refractivity contribution in [3.05, 3.63) is 47.6 Å². The Balaban J connectivity index is 1.97. The van der Waals surface area contributed by atoms with Crippen molar-refractivity contribution in [3.63, 3.8) is 0 Å². The Morgan fingerprint density at radius 1 is 1.36 bits per heavy atom. The molecule has 1 unspecified atom stereocenters. The van der Waals surface area contributed by atoms with Gasteiger partial charge in [0.2, 0.25) is 5.91 Å². The van der Waals surface area contributed by atoms with Gasteiger partial charge in [0, 0.05) is 19.4 Å². The molecular formula is C14H17N3O3S2. The molecule has 2 heterocycles. The minimum atomic E-state index is -3.61. The van der Waals surface area contributed by atoms with E-state index < -0.39 is 10.0 Å². The molecule has 0 fully saturated rings. The average Bonchev–Trinajstić information content (AvgIpc) is 3.02. The number of nitrogens with one attached hydrogen (secondary N) is 1. The van der Waals surface area contributed by atoms with Gasteiger partial charge < -0.3 is 5.32 Å². The first-order valence-corrected chi connectivity index (χ1v) is 8.92. The van der Waals surface area contributed by atoms with Crippen molar-refractivity contribution >= 4 is 27.3 Å². The molecule has 0 spiro atoms. The number of hydrogen-bond acceptors (Lipinski definition) is 5. The van der Waals surface area contributed by atoms with Gasteiger partial charge in [-0.15, -0.1) is 11.3 Å². The first-order valence-electron chi connectivity index (χ1n) is 6.60. The number of sulfonamides is 1. The molecule has 1 N–H and O–H groups in total. The summed E-state index contributed by atoms with van der Waals surface area (Å²) in [6, 6.07) is 6.58. The Morgan fingerprint density at radius 3 is 2.64 bits per heavy atom. The van der Waals surface area contributed by atoms with Crippen LogP contribution in [0, 0.1) is 0 Å². The van der Waals surface area contributed by atoms with Gasteiger partial charge in [0.1, 0.15) is 4.21 Å². The summed E-state index contributed by atoms with van der Waals surface area (Å²) in [5, 5.41) is 4.46. The summed E-state index contributed by atoms with van der Waals surface area (Å²) in [4.78, 5) is 15.9. The topological polar surface area (TPSA) is 79.4 Å². The van der Waals surface area contributed by atoms with Crippen molar-refractivity contribution < 1.29 is 13.2 Å². The highest BCUT2D eigenvalue weighted by molar-refractivity contribution is 7.91. The summed E-state index contributed by atoms with van der Waals surface area (Å²) in [5.74, 6) is -0.355. The molecule has 1 atom stereocenters. The molecule has 0 aliphatic carbocycles. The zero-order valence-corrected chi connectivity index (χ0v) is 13.9. The van der Waals surface area contributed by atoms with Crippen molar-refractivity contribution in [2.75, 3.05) is 13.6 Å². The summed E-state index contributed by atoms with van der Waals surface area (Å²) in [6.07, 6.45) is 3.29. The average molecular weight is 339 g/mol. The van der Waals surface area contributed by atoms with E-state index >= 15 is 0 Å². The lowest BCUT2D eigenvalue weighted by atomic mass is 10.1. The lowest BCUT2D eigenvalue weighted by Gasteiger charge is -2.18. The van der Waals surface area contributed by atoms with Gasteiger partial charge in [-0.3, -0.25) is 9.78 Å². The van der Waals surface area contributed by atoms with Gasteiger partial charge in [0.05, 0.1) is 12.6 Å². The molecular weight excluding hydrogens is 322 g/mol. The molecule has 2 aromatic rings. The van der Waals surface area contributed by atoms with E-state index in [1.54, 1.807) is 36.0 Å². The maximum Gasteiger partial charge on any atom is 0.252 e. The smallest absolute Gasteiger partial charge is 0.252 e. The van der Waals surface area contributed by atoms with E-state index in [0.29, 0.717) is 0 Å². The summed E-state index contributed by atoms with van der Waals surface area (Å²) in [7, 11) is -2.22. The van der Waals surface area contributed by atoms with E-state index in [0.717, 1.165) is 21.2 Å². The van der Waals surface area contributed by atoms with E-state index in [-0.39, 0.29) is 22.7 Å². The molecule has 0 aliphatic heterocycles. The predicted molar refractivity (Wildman–Crippen MR) is 84.9 cm³/mol. The fourth-order valence-electron chi connectivity index (χ4n) is 1.87. The van der Waals surface area contributed by atoms with Crippen molar-refractivity contribution in [1.29, 1.82) is 0 Å². The van der Waals surface area contributed by atoms with Crippen LogP contribution in [0.3, 0.4) is 0 Å². The zero-order valence-electron chi connectivity index (χ0n) is 12.3. The molecule has 0 aliphatic rings. The van der Waals surface area contributed by atoms with Crippen molar-refractivity contribution in [2.24, 2.45) is 0 Å². The number of amides is 1. The molecule has 1 amide bonds. The number of pyridine rings is 1. The van der Waals surface area contributed by atoms with Gasteiger partial charge in [-0.25, -0.2) is 8.42 Å². The standard InChI is InChI=1S/C14H17N3O3S2/c1-11(12-5-7-15-8-6-12)16-13(18)10-17(2)22(19,20)14-4-3-9-21-14/h3-9,11H,10H2,1-2H3,(H,16,18). The SMILES string of the molecule is CC(NC(=O)CN(C)S(=O)(=O)c1cccs1)c1ccncc1. The summed E-state index contributed by atoms with van der Waals surface area (Å²) < 4.78 is 25.7. The first-order chi connectivity index (χ1) is 10.4. The van der Waals surface area contributed by atoms with E-state index in [9.17, 15) is 13.2 Å². The van der Waals surface area contributed by atoms with Crippen LogP contribution in [-0.4, -0.2) is 37.2 Å². The van der Waals surface area contributed by atoms with E-state index in [1.165, 1.54) is 13.1 Å². The zero-order chi connectivity index (χ0) is 16.2. The Morgan fingerprint density at radius 2 is 2.05 bits per heavy atom. The van der Waals surface area contributed by atoms with Crippen LogP contribution < -0.4 is 5.32 Å². The summed E-state index contributed by atoms with van der Waals surface area (Å²) in [6.45, 7) is 1.61. The number of rotatable bonds is 6. The highest BCUT2D eigenvalue weighted by atomic mass is 32.2.